The largest absolute Gasteiger partial charge is 0.335 e. The van der Waals surface area contributed by atoms with Crippen LogP contribution in [0, 0.1) is 0 Å². The molecule has 0 aliphatic rings. The maximum Gasteiger partial charge on any atom is 0.0770 e. The number of nitrogens with one attached hydrogen (secondary N) is 1. The van der Waals surface area contributed by atoms with Crippen LogP contribution in [-0.2, 0) is 0 Å². The molecule has 0 saturated carbocycles. The van der Waals surface area contributed by atoms with Crippen LogP contribution in [0.4, 0.5) is 0 Å². The molecule has 0 aromatic rings. The summed E-state index contributed by atoms with van der Waals surface area (Å²) in [5.74, 6) is 0. The molecule has 0 heterocycles. The van der Waals surface area contributed by atoms with E-state index < -0.39 is 0 Å². The third kappa shape index (κ3) is 26.5. The summed E-state index contributed by atoms with van der Waals surface area (Å²) < 4.78 is 0. The summed E-state index contributed by atoms with van der Waals surface area (Å²) in [6.45, 7) is 19.4. The first kappa shape index (κ1) is 24.9. The van der Waals surface area contributed by atoms with Gasteiger partial charge in [-0.2, -0.15) is 0 Å². The second-order valence-electron chi connectivity index (χ2n) is 5.47. The zero-order chi connectivity index (χ0) is 16.1. The van der Waals surface area contributed by atoms with Gasteiger partial charge in [0.25, 0.3) is 0 Å². The van der Waals surface area contributed by atoms with Crippen molar-refractivity contribution in [2.45, 2.75) is 106 Å². The van der Waals surface area contributed by atoms with Crippen LogP contribution >= 0.6 is 0 Å². The molecule has 1 heteroatoms. The predicted molar refractivity (Wildman–Crippen MR) is 96.8 cm³/mol. The van der Waals surface area contributed by atoms with Crippen LogP contribution in [0.1, 0.15) is 106 Å². The Kier molecular flexibility index (Phi) is 34.1. The van der Waals surface area contributed by atoms with Crippen LogP contribution in [0.5, 0.6) is 0 Å². The van der Waals surface area contributed by atoms with Gasteiger partial charge in [-0.3, -0.25) is 0 Å². The fourth-order valence-corrected chi connectivity index (χ4v) is 2.05. The quantitative estimate of drug-likeness (QED) is 0.479. The highest BCUT2D eigenvalue weighted by molar-refractivity contribution is 4.40. The zero-order valence-electron chi connectivity index (χ0n) is 16.0. The Morgan fingerprint density at radius 3 is 1.10 bits per heavy atom. The van der Waals surface area contributed by atoms with Crippen molar-refractivity contribution in [2.75, 3.05) is 19.6 Å². The van der Waals surface area contributed by atoms with Crippen molar-refractivity contribution in [3.05, 3.63) is 0 Å². The maximum atomic E-state index is 2.30. The smallest absolute Gasteiger partial charge is 0.0770 e. The van der Waals surface area contributed by atoms with Crippen molar-refractivity contribution in [1.29, 1.82) is 0 Å². The van der Waals surface area contributed by atoms with E-state index in [1.54, 1.807) is 0 Å². The van der Waals surface area contributed by atoms with Crippen molar-refractivity contribution in [3.63, 3.8) is 0 Å². The molecule has 1 N–H and O–H groups in total. The number of hydrogen-bond donors (Lipinski definition) is 1. The van der Waals surface area contributed by atoms with Gasteiger partial charge in [0.15, 0.2) is 0 Å². The summed E-state index contributed by atoms with van der Waals surface area (Å²) >= 11 is 0. The van der Waals surface area contributed by atoms with Crippen LogP contribution < -0.4 is 4.90 Å². The molecule has 0 rings (SSSR count). The Morgan fingerprint density at radius 2 is 0.800 bits per heavy atom. The average molecular weight is 289 g/mol. The van der Waals surface area contributed by atoms with Crippen molar-refractivity contribution in [2.24, 2.45) is 0 Å². The third-order valence-electron chi connectivity index (χ3n) is 3.15. The lowest BCUT2D eigenvalue weighted by molar-refractivity contribution is -0.900. The van der Waals surface area contributed by atoms with Gasteiger partial charge in [0, 0.05) is 0 Å². The molecule has 0 aromatic carbocycles. The van der Waals surface area contributed by atoms with Crippen molar-refractivity contribution in [1.82, 2.24) is 0 Å². The van der Waals surface area contributed by atoms with E-state index in [4.69, 9.17) is 0 Å². The first-order chi connectivity index (χ1) is 9.76. The Morgan fingerprint density at radius 1 is 0.500 bits per heavy atom. The van der Waals surface area contributed by atoms with Gasteiger partial charge in [0.1, 0.15) is 0 Å². The molecule has 0 aliphatic heterocycles. The fourth-order valence-electron chi connectivity index (χ4n) is 2.05. The van der Waals surface area contributed by atoms with Crippen LogP contribution in [0.3, 0.4) is 0 Å². The topological polar surface area (TPSA) is 4.44 Å². The minimum Gasteiger partial charge on any atom is -0.335 e. The van der Waals surface area contributed by atoms with Gasteiger partial charge in [-0.05, 0) is 32.1 Å². The Balaban J connectivity index is -0.000000505. The van der Waals surface area contributed by atoms with Gasteiger partial charge in [-0.1, -0.05) is 74.1 Å². The molecule has 0 fully saturated rings. The molecule has 0 aliphatic carbocycles. The van der Waals surface area contributed by atoms with E-state index in [1.165, 1.54) is 77.4 Å². The van der Waals surface area contributed by atoms with Crippen molar-refractivity contribution < 1.29 is 4.90 Å². The van der Waals surface area contributed by atoms with E-state index in [9.17, 15) is 0 Å². The number of rotatable bonds is 11. The van der Waals surface area contributed by atoms with Crippen molar-refractivity contribution in [3.8, 4) is 0 Å². The summed E-state index contributed by atoms with van der Waals surface area (Å²) in [5.41, 5.74) is 0. The predicted octanol–water partition coefficient (Wildman–Crippen LogP) is 5.49. The van der Waals surface area contributed by atoms with Crippen LogP contribution in [-0.4, -0.2) is 19.6 Å². The number of hydrogen-bond acceptors (Lipinski definition) is 0. The molecule has 0 bridgehead atoms. The van der Waals surface area contributed by atoms with Gasteiger partial charge >= 0.3 is 0 Å². The van der Waals surface area contributed by atoms with Gasteiger partial charge in [-0.15, -0.1) is 0 Å². The summed E-state index contributed by atoms with van der Waals surface area (Å²) in [4.78, 5) is 1.86. The summed E-state index contributed by atoms with van der Waals surface area (Å²) in [6, 6.07) is 0. The van der Waals surface area contributed by atoms with E-state index in [1.807, 2.05) is 18.7 Å². The Labute approximate surface area is 131 Å². The van der Waals surface area contributed by atoms with Crippen LogP contribution in [0.2, 0.25) is 0 Å². The molecule has 20 heavy (non-hydrogen) atoms. The SMILES string of the molecule is CC.CCC.CCCCC[NH+](CCCC)CCCCC. The molecular formula is C19H46N+. The molecule has 0 atom stereocenters. The molecule has 0 radical (unpaired) electrons. The fraction of sp³-hybridized carbons (Fsp3) is 1.00. The first-order valence-electron chi connectivity index (χ1n) is 9.60. The number of quaternary nitrogens is 1. The summed E-state index contributed by atoms with van der Waals surface area (Å²) in [6.07, 6.45) is 12.4. The molecule has 0 aromatic heterocycles. The normalized spacial score (nSPS) is 9.60. The molecule has 0 saturated heterocycles. The second-order valence-corrected chi connectivity index (χ2v) is 5.47. The third-order valence-corrected chi connectivity index (χ3v) is 3.15. The highest BCUT2D eigenvalue weighted by Crippen LogP contribution is 1.92. The monoisotopic (exact) mass is 288 g/mol. The lowest BCUT2D eigenvalue weighted by Gasteiger charge is -2.19. The average Bonchev–Trinajstić information content (AvgIpc) is 2.47. The van der Waals surface area contributed by atoms with E-state index in [0.717, 1.165) is 0 Å². The Bertz CT molecular complexity index is 113. The number of unbranched alkanes of at least 4 members (excludes halogenated alkanes) is 5. The van der Waals surface area contributed by atoms with Crippen molar-refractivity contribution >= 4 is 0 Å². The highest BCUT2D eigenvalue weighted by Gasteiger charge is 2.06. The van der Waals surface area contributed by atoms with Crippen LogP contribution in [0.25, 0.3) is 0 Å². The van der Waals surface area contributed by atoms with E-state index in [0.29, 0.717) is 0 Å². The Hall–Kier alpha value is -0.0400. The minimum atomic E-state index is 1.25. The summed E-state index contributed by atoms with van der Waals surface area (Å²) in [5, 5.41) is 0. The van der Waals surface area contributed by atoms with E-state index >= 15 is 0 Å². The van der Waals surface area contributed by atoms with Gasteiger partial charge in [-0.25, -0.2) is 0 Å². The maximum absolute atomic E-state index is 2.30. The molecule has 0 spiro atoms. The molecule has 126 valence electrons. The van der Waals surface area contributed by atoms with E-state index in [2.05, 4.69) is 34.6 Å². The zero-order valence-corrected chi connectivity index (χ0v) is 16.0. The van der Waals surface area contributed by atoms with Gasteiger partial charge in [0.05, 0.1) is 19.6 Å². The minimum absolute atomic E-state index is 1.25. The summed E-state index contributed by atoms with van der Waals surface area (Å²) in [7, 11) is 0. The first-order valence-corrected chi connectivity index (χ1v) is 9.60. The highest BCUT2D eigenvalue weighted by atomic mass is 15.1. The van der Waals surface area contributed by atoms with Gasteiger partial charge in [0.2, 0.25) is 0 Å². The standard InChI is InChI=1S/C14H31N.C3H8.C2H6/c1-4-7-10-13-15(12-9-6-3)14-11-8-5-2;1-3-2;1-2/h4-14H2,1-3H3;3H2,1-2H3;1-2H3/p+1. The molecule has 0 amide bonds. The molecular weight excluding hydrogens is 242 g/mol. The van der Waals surface area contributed by atoms with E-state index in [-0.39, 0.29) is 0 Å². The molecule has 0 unspecified atom stereocenters. The lowest BCUT2D eigenvalue weighted by atomic mass is 10.2. The van der Waals surface area contributed by atoms with Gasteiger partial charge < -0.3 is 4.90 Å². The van der Waals surface area contributed by atoms with Crippen LogP contribution in [0.15, 0.2) is 0 Å². The second kappa shape index (κ2) is 27.3. The molecule has 1 nitrogen and oxygen atoms in total. The lowest BCUT2D eigenvalue weighted by Crippen LogP contribution is -3.12.